The SMILES string of the molecule is CCC(C)(C)OOC(C)(C)C#C[C@@]1(O)C[C@@H]2CC[C@@]1(C)C2(C)C. The van der Waals surface area contributed by atoms with Crippen LogP contribution in [0.15, 0.2) is 0 Å². The number of hydrogen-bond acceptors (Lipinski definition) is 3. The predicted octanol–water partition coefficient (Wildman–Crippen LogP) is 4.48. The normalized spacial score (nSPS) is 36.0. The molecular formula is C20H34O3. The molecule has 0 radical (unpaired) electrons. The summed E-state index contributed by atoms with van der Waals surface area (Å²) in [5.41, 5.74) is -2.04. The molecular weight excluding hydrogens is 288 g/mol. The molecule has 2 aliphatic rings. The minimum Gasteiger partial charge on any atom is -0.377 e. The van der Waals surface area contributed by atoms with Crippen molar-refractivity contribution in [2.24, 2.45) is 16.7 Å². The largest absolute Gasteiger partial charge is 0.377 e. The lowest BCUT2D eigenvalue weighted by molar-refractivity contribution is -0.388. The summed E-state index contributed by atoms with van der Waals surface area (Å²) in [6, 6.07) is 0. The van der Waals surface area contributed by atoms with Crippen LogP contribution in [0.4, 0.5) is 0 Å². The van der Waals surface area contributed by atoms with Crippen molar-refractivity contribution in [3.05, 3.63) is 0 Å². The number of rotatable bonds is 4. The van der Waals surface area contributed by atoms with E-state index in [1.54, 1.807) is 0 Å². The first-order chi connectivity index (χ1) is 10.3. The van der Waals surface area contributed by atoms with Crippen molar-refractivity contribution in [1.82, 2.24) is 0 Å². The molecule has 1 N–H and O–H groups in total. The predicted molar refractivity (Wildman–Crippen MR) is 92.6 cm³/mol. The Hall–Kier alpha value is -0.560. The molecule has 0 amide bonds. The summed E-state index contributed by atoms with van der Waals surface area (Å²) in [4.78, 5) is 11.1. The van der Waals surface area contributed by atoms with Crippen LogP contribution < -0.4 is 0 Å². The molecule has 2 saturated carbocycles. The van der Waals surface area contributed by atoms with Gasteiger partial charge in [0.15, 0.2) is 5.60 Å². The highest BCUT2D eigenvalue weighted by Crippen LogP contribution is 2.69. The zero-order valence-electron chi connectivity index (χ0n) is 16.2. The molecule has 0 aliphatic heterocycles. The van der Waals surface area contributed by atoms with Crippen LogP contribution in [0.3, 0.4) is 0 Å². The van der Waals surface area contributed by atoms with Crippen LogP contribution in [0.1, 0.15) is 81.1 Å². The lowest BCUT2D eigenvalue weighted by Gasteiger charge is -2.42. The van der Waals surface area contributed by atoms with Crippen molar-refractivity contribution < 1.29 is 14.9 Å². The Morgan fingerprint density at radius 2 is 1.74 bits per heavy atom. The summed E-state index contributed by atoms with van der Waals surface area (Å²) >= 11 is 0. The zero-order chi connectivity index (χ0) is 17.7. The van der Waals surface area contributed by atoms with Gasteiger partial charge in [-0.1, -0.05) is 39.5 Å². The Balaban J connectivity index is 2.15. The summed E-state index contributed by atoms with van der Waals surface area (Å²) in [5, 5.41) is 11.2. The van der Waals surface area contributed by atoms with Crippen LogP contribution in [0.5, 0.6) is 0 Å². The standard InChI is InChI=1S/C20H34O3/c1-9-16(2,3)22-23-17(4,5)12-13-20(21)14-15-10-11-19(20,8)18(15,6)7/h15,21H,9-11,14H2,1-8H3/t15-,19-,20+/m0/s1. The molecule has 2 aliphatic carbocycles. The summed E-state index contributed by atoms with van der Waals surface area (Å²) in [6.07, 6.45) is 3.85. The third-order valence-electron chi connectivity index (χ3n) is 6.79. The van der Waals surface area contributed by atoms with Crippen LogP contribution in [-0.4, -0.2) is 21.9 Å². The van der Waals surface area contributed by atoms with Crippen molar-refractivity contribution in [1.29, 1.82) is 0 Å². The van der Waals surface area contributed by atoms with Gasteiger partial charge in [0, 0.05) is 5.41 Å². The van der Waals surface area contributed by atoms with Crippen molar-refractivity contribution in [2.45, 2.75) is 97.9 Å². The van der Waals surface area contributed by atoms with Gasteiger partial charge in [0.1, 0.15) is 5.60 Å². The van der Waals surface area contributed by atoms with E-state index in [-0.39, 0.29) is 16.4 Å². The molecule has 0 aromatic heterocycles. The van der Waals surface area contributed by atoms with Crippen LogP contribution >= 0.6 is 0 Å². The summed E-state index contributed by atoms with van der Waals surface area (Å²) < 4.78 is 0. The van der Waals surface area contributed by atoms with Crippen LogP contribution in [0, 0.1) is 28.6 Å². The fraction of sp³-hybridized carbons (Fsp3) is 0.900. The van der Waals surface area contributed by atoms with Crippen molar-refractivity contribution in [2.75, 3.05) is 0 Å². The maximum atomic E-state index is 11.2. The summed E-state index contributed by atoms with van der Waals surface area (Å²) in [5.74, 6) is 6.87. The third-order valence-corrected chi connectivity index (χ3v) is 6.79. The highest BCUT2D eigenvalue weighted by atomic mass is 17.2. The fourth-order valence-electron chi connectivity index (χ4n) is 4.01. The van der Waals surface area contributed by atoms with E-state index in [1.165, 1.54) is 6.42 Å². The molecule has 0 unspecified atom stereocenters. The molecule has 0 saturated heterocycles. The van der Waals surface area contributed by atoms with E-state index in [0.717, 1.165) is 19.3 Å². The Labute approximate surface area is 142 Å². The van der Waals surface area contributed by atoms with Gasteiger partial charge in [-0.3, -0.25) is 0 Å². The van der Waals surface area contributed by atoms with Gasteiger partial charge in [-0.2, -0.15) is 0 Å². The summed E-state index contributed by atoms with van der Waals surface area (Å²) in [6.45, 7) is 16.6. The lowest BCUT2D eigenvalue weighted by Crippen LogP contribution is -2.46. The molecule has 2 fully saturated rings. The Bertz CT molecular complexity index is 523. The molecule has 2 rings (SSSR count). The second-order valence-corrected chi connectivity index (χ2v) is 9.39. The monoisotopic (exact) mass is 322 g/mol. The van der Waals surface area contributed by atoms with Gasteiger partial charge in [-0.05, 0) is 64.7 Å². The molecule has 0 heterocycles. The van der Waals surface area contributed by atoms with E-state index in [0.29, 0.717) is 5.92 Å². The second kappa shape index (κ2) is 5.48. The molecule has 0 aromatic carbocycles. The van der Waals surface area contributed by atoms with Crippen LogP contribution in [0.25, 0.3) is 0 Å². The Kier molecular flexibility index (Phi) is 4.47. The quantitative estimate of drug-likeness (QED) is 0.471. The zero-order valence-corrected chi connectivity index (χ0v) is 16.2. The molecule has 132 valence electrons. The van der Waals surface area contributed by atoms with Crippen molar-refractivity contribution >= 4 is 0 Å². The first kappa shape index (κ1) is 18.8. The average Bonchev–Trinajstić information content (AvgIpc) is 2.76. The average molecular weight is 322 g/mol. The first-order valence-corrected chi connectivity index (χ1v) is 8.92. The van der Waals surface area contributed by atoms with Crippen molar-refractivity contribution in [3.63, 3.8) is 0 Å². The number of fused-ring (bicyclic) bond motifs is 2. The fourth-order valence-corrected chi connectivity index (χ4v) is 4.01. The van der Waals surface area contributed by atoms with E-state index in [4.69, 9.17) is 9.78 Å². The minimum absolute atomic E-state index is 0.127. The van der Waals surface area contributed by atoms with E-state index >= 15 is 0 Å². The topological polar surface area (TPSA) is 38.7 Å². The number of aliphatic hydroxyl groups is 1. The van der Waals surface area contributed by atoms with Gasteiger partial charge < -0.3 is 5.11 Å². The van der Waals surface area contributed by atoms with Gasteiger partial charge in [0.2, 0.25) is 0 Å². The Morgan fingerprint density at radius 1 is 1.13 bits per heavy atom. The minimum atomic E-state index is -0.930. The van der Waals surface area contributed by atoms with Gasteiger partial charge in [-0.15, -0.1) is 0 Å². The van der Waals surface area contributed by atoms with Crippen molar-refractivity contribution in [3.8, 4) is 11.8 Å². The van der Waals surface area contributed by atoms with E-state index in [1.807, 2.05) is 27.7 Å². The van der Waals surface area contributed by atoms with Crippen LogP contribution in [-0.2, 0) is 9.78 Å². The second-order valence-electron chi connectivity index (χ2n) is 9.39. The maximum absolute atomic E-state index is 11.2. The van der Waals surface area contributed by atoms with Gasteiger partial charge in [0.25, 0.3) is 0 Å². The molecule has 0 aromatic rings. The number of hydrogen-bond donors (Lipinski definition) is 1. The molecule has 0 spiro atoms. The molecule has 3 heteroatoms. The lowest BCUT2D eigenvalue weighted by atomic mass is 9.64. The molecule has 2 bridgehead atoms. The van der Waals surface area contributed by atoms with Gasteiger partial charge in [0.05, 0.1) is 5.60 Å². The molecule has 3 atom stereocenters. The summed E-state index contributed by atoms with van der Waals surface area (Å²) in [7, 11) is 0. The maximum Gasteiger partial charge on any atom is 0.158 e. The van der Waals surface area contributed by atoms with E-state index in [2.05, 4.69) is 39.5 Å². The van der Waals surface area contributed by atoms with Gasteiger partial charge >= 0.3 is 0 Å². The highest BCUT2D eigenvalue weighted by Gasteiger charge is 2.68. The van der Waals surface area contributed by atoms with Crippen LogP contribution in [0.2, 0.25) is 0 Å². The smallest absolute Gasteiger partial charge is 0.158 e. The Morgan fingerprint density at radius 3 is 2.17 bits per heavy atom. The highest BCUT2D eigenvalue weighted by molar-refractivity contribution is 5.31. The van der Waals surface area contributed by atoms with E-state index < -0.39 is 11.2 Å². The third kappa shape index (κ3) is 3.06. The first-order valence-electron chi connectivity index (χ1n) is 8.92. The van der Waals surface area contributed by atoms with Gasteiger partial charge in [-0.25, -0.2) is 9.78 Å². The molecule has 23 heavy (non-hydrogen) atoms. The van der Waals surface area contributed by atoms with E-state index in [9.17, 15) is 5.11 Å². The molecule has 3 nitrogen and oxygen atoms in total.